The molecule has 3 aromatic carbocycles. The van der Waals surface area contributed by atoms with Crippen LogP contribution in [0.3, 0.4) is 0 Å². The summed E-state index contributed by atoms with van der Waals surface area (Å²) in [6.45, 7) is 5.50. The van der Waals surface area contributed by atoms with Gasteiger partial charge < -0.3 is 25.8 Å². The molecule has 2 heterocycles. The molecule has 12 nitrogen and oxygen atoms in total. The first-order valence-electron chi connectivity index (χ1n) is 14.5. The van der Waals surface area contributed by atoms with Crippen molar-refractivity contribution < 1.29 is 24.2 Å². The Morgan fingerprint density at radius 3 is 2.66 bits per heavy atom. The average Bonchev–Trinajstić information content (AvgIpc) is 3.07. The van der Waals surface area contributed by atoms with Crippen molar-refractivity contribution in [2.75, 3.05) is 27.5 Å². The first-order chi connectivity index (χ1) is 22.6. The van der Waals surface area contributed by atoms with Crippen LogP contribution < -0.4 is 30.5 Å². The molecular weight excluding hydrogens is 645 g/mol. The number of para-hydroxylation sites is 1. The number of carbonyl (C=O) groups excluding carboxylic acids is 3. The van der Waals surface area contributed by atoms with Gasteiger partial charge in [0.15, 0.2) is 0 Å². The number of anilines is 5. The van der Waals surface area contributed by atoms with Crippen molar-refractivity contribution >= 4 is 69.9 Å². The Labute approximate surface area is 281 Å². The number of carbonyl (C=O) groups is 3. The van der Waals surface area contributed by atoms with Gasteiger partial charge >= 0.3 is 6.03 Å². The minimum Gasteiger partial charge on any atom is -0.506 e. The van der Waals surface area contributed by atoms with E-state index in [9.17, 15) is 19.5 Å². The zero-order chi connectivity index (χ0) is 33.7. The van der Waals surface area contributed by atoms with E-state index in [-0.39, 0.29) is 64.6 Å². The van der Waals surface area contributed by atoms with Crippen LogP contribution in [0.5, 0.6) is 11.5 Å². The number of ether oxygens (including phenoxy) is 1. The Hall–Kier alpha value is -5.33. The fourth-order valence-corrected chi connectivity index (χ4v) is 5.54. The molecule has 47 heavy (non-hydrogen) atoms. The van der Waals surface area contributed by atoms with E-state index in [1.807, 2.05) is 30.3 Å². The zero-order valence-electron chi connectivity index (χ0n) is 25.5. The molecule has 1 aromatic heterocycles. The number of benzene rings is 3. The van der Waals surface area contributed by atoms with Crippen LogP contribution in [0.25, 0.3) is 0 Å². The standard InChI is InChI=1S/C33H31Cl2N7O5/c1-4-26(44)36-15-20-10-6-7-12-23(20)39-32-37-16-21-18-41(30-28(34)24(43)14-25(47-3)29(30)35)33(46)42(31(21)40-32)17-19-9-8-11-22(13-19)38-27(45)5-2/h4,6-14,16,43H,1,5,15,17-18H2,2-3H3,(H,36,44)(H,38,45)(H,37,39,40). The highest BCUT2D eigenvalue weighted by molar-refractivity contribution is 6.42. The molecule has 4 aromatic rings. The fourth-order valence-electron chi connectivity index (χ4n) is 4.92. The Kier molecular flexibility index (Phi) is 10.1. The van der Waals surface area contributed by atoms with E-state index >= 15 is 0 Å². The Bertz CT molecular complexity index is 1870. The third-order valence-electron chi connectivity index (χ3n) is 7.28. The number of hydrogen-bond donors (Lipinski definition) is 4. The van der Waals surface area contributed by atoms with Gasteiger partial charge in [0, 0.05) is 42.2 Å². The highest BCUT2D eigenvalue weighted by atomic mass is 35.5. The molecule has 0 radical (unpaired) electrons. The van der Waals surface area contributed by atoms with Gasteiger partial charge in [0.25, 0.3) is 0 Å². The van der Waals surface area contributed by atoms with Crippen LogP contribution in [0.2, 0.25) is 10.0 Å². The largest absolute Gasteiger partial charge is 0.506 e. The molecule has 14 heteroatoms. The minimum atomic E-state index is -0.533. The van der Waals surface area contributed by atoms with E-state index in [1.54, 1.807) is 31.3 Å². The number of fused-ring (bicyclic) bond motifs is 1. The van der Waals surface area contributed by atoms with Gasteiger partial charge in [0.1, 0.15) is 27.4 Å². The topological polar surface area (TPSA) is 149 Å². The van der Waals surface area contributed by atoms with E-state index in [0.717, 1.165) is 5.56 Å². The molecule has 242 valence electrons. The van der Waals surface area contributed by atoms with Gasteiger partial charge in [-0.05, 0) is 35.4 Å². The van der Waals surface area contributed by atoms with Crippen molar-refractivity contribution in [1.82, 2.24) is 15.3 Å². The number of aromatic hydroxyl groups is 1. The lowest BCUT2D eigenvalue weighted by atomic mass is 10.1. The molecule has 0 spiro atoms. The Balaban J connectivity index is 1.56. The maximum atomic E-state index is 14.3. The number of phenolic OH excluding ortho intramolecular Hbond substituents is 1. The van der Waals surface area contributed by atoms with Crippen LogP contribution in [-0.4, -0.2) is 40.0 Å². The molecular formula is C33H31Cl2N7O5. The van der Waals surface area contributed by atoms with Gasteiger partial charge in [-0.25, -0.2) is 9.78 Å². The number of urea groups is 1. The van der Waals surface area contributed by atoms with Crippen LogP contribution in [-0.2, 0) is 29.2 Å². The normalized spacial score (nSPS) is 12.3. The molecule has 0 fully saturated rings. The molecule has 0 saturated carbocycles. The molecule has 4 N–H and O–H groups in total. The summed E-state index contributed by atoms with van der Waals surface area (Å²) in [6.07, 6.45) is 3.08. The van der Waals surface area contributed by atoms with Crippen molar-refractivity contribution in [2.24, 2.45) is 0 Å². The van der Waals surface area contributed by atoms with E-state index in [4.69, 9.17) is 32.9 Å². The van der Waals surface area contributed by atoms with E-state index < -0.39 is 6.03 Å². The third kappa shape index (κ3) is 7.24. The number of amides is 4. The van der Waals surface area contributed by atoms with Gasteiger partial charge in [-0.2, -0.15) is 4.98 Å². The van der Waals surface area contributed by atoms with Crippen LogP contribution in [0.15, 0.2) is 73.4 Å². The number of rotatable bonds is 11. The SMILES string of the molecule is C=CC(=O)NCc1ccccc1Nc1ncc2c(n1)N(Cc1cccc(NC(=O)CC)c1)C(=O)N(c1c(Cl)c(O)cc(OC)c1Cl)C2. The zero-order valence-corrected chi connectivity index (χ0v) is 27.0. The summed E-state index contributed by atoms with van der Waals surface area (Å²) in [5.41, 5.74) is 3.32. The summed E-state index contributed by atoms with van der Waals surface area (Å²) in [5, 5.41) is 19.2. The fraction of sp³-hybridized carbons (Fsp3) is 0.182. The van der Waals surface area contributed by atoms with Crippen LogP contribution in [0, 0.1) is 0 Å². The summed E-state index contributed by atoms with van der Waals surface area (Å²) >= 11 is 13.2. The van der Waals surface area contributed by atoms with Gasteiger partial charge in [-0.1, -0.05) is 67.0 Å². The predicted octanol–water partition coefficient (Wildman–Crippen LogP) is 6.54. The summed E-state index contributed by atoms with van der Waals surface area (Å²) in [6, 6.07) is 15.2. The van der Waals surface area contributed by atoms with Crippen molar-refractivity contribution in [3.05, 3.63) is 100 Å². The summed E-state index contributed by atoms with van der Waals surface area (Å²) < 4.78 is 5.31. The van der Waals surface area contributed by atoms with Gasteiger partial charge in [0.2, 0.25) is 17.8 Å². The second-order valence-corrected chi connectivity index (χ2v) is 11.1. The molecule has 0 bridgehead atoms. The average molecular weight is 677 g/mol. The highest BCUT2D eigenvalue weighted by Crippen LogP contribution is 2.47. The van der Waals surface area contributed by atoms with Crippen molar-refractivity contribution in [1.29, 1.82) is 0 Å². The molecule has 0 unspecified atom stereocenters. The smallest absolute Gasteiger partial charge is 0.330 e. The molecule has 5 rings (SSSR count). The number of hydrogen-bond acceptors (Lipinski definition) is 8. The van der Waals surface area contributed by atoms with E-state index in [2.05, 4.69) is 27.5 Å². The predicted molar refractivity (Wildman–Crippen MR) is 182 cm³/mol. The number of halogens is 2. The lowest BCUT2D eigenvalue weighted by molar-refractivity contribution is -0.117. The molecule has 1 aliphatic heterocycles. The second kappa shape index (κ2) is 14.4. The quantitative estimate of drug-likeness (QED) is 0.131. The molecule has 0 saturated heterocycles. The highest BCUT2D eigenvalue weighted by Gasteiger charge is 2.36. The third-order valence-corrected chi connectivity index (χ3v) is 8.02. The maximum absolute atomic E-state index is 14.3. The lowest BCUT2D eigenvalue weighted by Gasteiger charge is -2.37. The number of nitrogens with zero attached hydrogens (tertiary/aromatic N) is 4. The Morgan fingerprint density at radius 1 is 1.13 bits per heavy atom. The molecule has 0 aliphatic carbocycles. The summed E-state index contributed by atoms with van der Waals surface area (Å²) in [7, 11) is 1.39. The van der Waals surface area contributed by atoms with E-state index in [0.29, 0.717) is 34.7 Å². The molecule has 0 atom stereocenters. The second-order valence-electron chi connectivity index (χ2n) is 10.4. The molecule has 1 aliphatic rings. The summed E-state index contributed by atoms with van der Waals surface area (Å²) in [4.78, 5) is 50.2. The first kappa shape index (κ1) is 33.0. The number of phenols is 1. The van der Waals surface area contributed by atoms with Crippen LogP contribution >= 0.6 is 23.2 Å². The van der Waals surface area contributed by atoms with Gasteiger partial charge in [-0.3, -0.25) is 19.4 Å². The monoisotopic (exact) mass is 675 g/mol. The number of aromatic nitrogens is 2. The van der Waals surface area contributed by atoms with Gasteiger partial charge in [-0.15, -0.1) is 0 Å². The van der Waals surface area contributed by atoms with Crippen LogP contribution in [0.1, 0.15) is 30.0 Å². The van der Waals surface area contributed by atoms with Gasteiger partial charge in [0.05, 0.1) is 25.9 Å². The van der Waals surface area contributed by atoms with E-state index in [1.165, 1.54) is 29.1 Å². The lowest BCUT2D eigenvalue weighted by Crippen LogP contribution is -2.47. The first-order valence-corrected chi connectivity index (χ1v) is 15.2. The minimum absolute atomic E-state index is 0.0201. The number of nitrogens with one attached hydrogen (secondary N) is 3. The Morgan fingerprint density at radius 2 is 1.91 bits per heavy atom. The van der Waals surface area contributed by atoms with Crippen molar-refractivity contribution in [3.63, 3.8) is 0 Å². The van der Waals surface area contributed by atoms with Crippen molar-refractivity contribution in [2.45, 2.75) is 33.0 Å². The number of methoxy groups -OCH3 is 1. The molecule has 4 amide bonds. The maximum Gasteiger partial charge on any atom is 0.330 e. The van der Waals surface area contributed by atoms with Crippen molar-refractivity contribution in [3.8, 4) is 11.5 Å². The summed E-state index contributed by atoms with van der Waals surface area (Å²) in [5.74, 6) is -0.118. The van der Waals surface area contributed by atoms with Crippen LogP contribution in [0.4, 0.5) is 33.6 Å².